The molecule has 0 aromatic rings. The molecule has 0 aromatic carbocycles. The van der Waals surface area contributed by atoms with Crippen molar-refractivity contribution >= 4 is 5.97 Å². The summed E-state index contributed by atoms with van der Waals surface area (Å²) in [5.74, 6) is -0.0262. The Bertz CT molecular complexity index is 1600. The molecule has 2 rings (SSSR count). The number of carbonyl (C=O) groups is 1. The maximum atomic E-state index is 12.7. The zero-order valence-electron chi connectivity index (χ0n) is 38.3. The molecule has 0 heterocycles. The van der Waals surface area contributed by atoms with Gasteiger partial charge in [0.15, 0.2) is 0 Å². The minimum Gasteiger partial charge on any atom is -0.462 e. The molecule has 316 valence electrons. The van der Waals surface area contributed by atoms with Gasteiger partial charge in [0.1, 0.15) is 6.10 Å². The van der Waals surface area contributed by atoms with Gasteiger partial charge in [0.25, 0.3) is 0 Å². The zero-order valence-corrected chi connectivity index (χ0v) is 38.3. The number of aliphatic hydroxyl groups is 1. The summed E-state index contributed by atoms with van der Waals surface area (Å²) in [6.07, 6.45) is 47.7. The van der Waals surface area contributed by atoms with Gasteiger partial charge in [0.2, 0.25) is 0 Å². The van der Waals surface area contributed by atoms with Gasteiger partial charge in [-0.3, -0.25) is 4.79 Å². The molecule has 2 aliphatic rings. The average molecular weight is 779 g/mol. The summed E-state index contributed by atoms with van der Waals surface area (Å²) in [7, 11) is 0. The Balaban J connectivity index is 1.79. The first kappa shape index (κ1) is 49.7. The second-order valence-corrected chi connectivity index (χ2v) is 18.4. The summed E-state index contributed by atoms with van der Waals surface area (Å²) in [6, 6.07) is 0. The van der Waals surface area contributed by atoms with Crippen LogP contribution in [-0.4, -0.2) is 23.3 Å². The lowest BCUT2D eigenvalue weighted by Gasteiger charge is -2.37. The highest BCUT2D eigenvalue weighted by Crippen LogP contribution is 2.43. The van der Waals surface area contributed by atoms with E-state index >= 15 is 0 Å². The van der Waals surface area contributed by atoms with Crippen LogP contribution < -0.4 is 0 Å². The fraction of sp³-hybridized carbons (Fsp3) is 0.574. The van der Waals surface area contributed by atoms with Gasteiger partial charge in [-0.05, 0) is 89.2 Å². The summed E-state index contributed by atoms with van der Waals surface area (Å²) >= 11 is 0. The highest BCUT2D eigenvalue weighted by molar-refractivity contribution is 5.69. The third-order valence-corrected chi connectivity index (χ3v) is 11.5. The smallest absolute Gasteiger partial charge is 0.306 e. The molecule has 0 aromatic heterocycles. The number of unbranched alkanes of at least 4 members (excludes halogenated alkanes) is 10. The number of aliphatic hydroxyl groups excluding tert-OH is 1. The zero-order chi connectivity index (χ0) is 42.3. The molecule has 0 saturated carbocycles. The van der Waals surface area contributed by atoms with Gasteiger partial charge < -0.3 is 9.84 Å². The van der Waals surface area contributed by atoms with Crippen LogP contribution in [0.2, 0.25) is 0 Å². The molecule has 3 heteroatoms. The van der Waals surface area contributed by atoms with Crippen LogP contribution in [0.4, 0.5) is 0 Å². The Morgan fingerprint density at radius 3 is 1.46 bits per heavy atom. The molecular formula is C54H82O3. The number of hydrogen-bond acceptors (Lipinski definition) is 3. The average Bonchev–Trinajstić information content (AvgIpc) is 3.11. The molecule has 2 unspecified atom stereocenters. The summed E-state index contributed by atoms with van der Waals surface area (Å²) in [5, 5.41) is 10.2. The van der Waals surface area contributed by atoms with Crippen molar-refractivity contribution in [3.8, 4) is 0 Å². The van der Waals surface area contributed by atoms with Crippen LogP contribution in [0, 0.1) is 10.8 Å². The topological polar surface area (TPSA) is 46.5 Å². The van der Waals surface area contributed by atoms with Gasteiger partial charge in [0.05, 0.1) is 6.10 Å². The lowest BCUT2D eigenvalue weighted by atomic mass is 9.71. The Kier molecular flexibility index (Phi) is 23.2. The van der Waals surface area contributed by atoms with Crippen molar-refractivity contribution in [3.63, 3.8) is 0 Å². The number of carbonyl (C=O) groups excluding carboxylic acids is 1. The van der Waals surface area contributed by atoms with Gasteiger partial charge in [0, 0.05) is 12.8 Å². The van der Waals surface area contributed by atoms with Crippen LogP contribution in [-0.2, 0) is 9.53 Å². The number of hydrogen-bond donors (Lipinski definition) is 1. The number of rotatable bonds is 23. The first-order valence-corrected chi connectivity index (χ1v) is 22.4. The predicted molar refractivity (Wildman–Crippen MR) is 249 cm³/mol. The summed E-state index contributed by atoms with van der Waals surface area (Å²) < 4.78 is 6.00. The van der Waals surface area contributed by atoms with Crippen molar-refractivity contribution in [2.75, 3.05) is 0 Å². The van der Waals surface area contributed by atoms with Crippen LogP contribution in [0.25, 0.3) is 0 Å². The molecule has 0 aliphatic heterocycles. The van der Waals surface area contributed by atoms with Crippen molar-refractivity contribution in [2.24, 2.45) is 10.8 Å². The van der Waals surface area contributed by atoms with Crippen LogP contribution in [0.1, 0.15) is 179 Å². The molecule has 0 saturated heterocycles. The SMILES string of the molecule is CCCCCCCCCCCCCC(=O)OC1CC(C)=C(C=CC(C)=CC=CC(C)=CC=CC=C(C)C=CC=C(C)C=CC2=C(C)CC(O)CC2(C)C)C(C)(C)C1. The first-order valence-electron chi connectivity index (χ1n) is 22.4. The van der Waals surface area contributed by atoms with E-state index in [1.807, 2.05) is 0 Å². The second-order valence-electron chi connectivity index (χ2n) is 18.4. The van der Waals surface area contributed by atoms with E-state index < -0.39 is 0 Å². The molecule has 0 radical (unpaired) electrons. The van der Waals surface area contributed by atoms with Crippen molar-refractivity contribution in [2.45, 2.75) is 191 Å². The lowest BCUT2D eigenvalue weighted by molar-refractivity contribution is -0.150. The maximum Gasteiger partial charge on any atom is 0.306 e. The van der Waals surface area contributed by atoms with Gasteiger partial charge in [-0.25, -0.2) is 0 Å². The largest absolute Gasteiger partial charge is 0.462 e. The van der Waals surface area contributed by atoms with Crippen LogP contribution >= 0.6 is 0 Å². The van der Waals surface area contributed by atoms with Crippen molar-refractivity contribution in [1.82, 2.24) is 0 Å². The fourth-order valence-electron chi connectivity index (χ4n) is 8.36. The second kappa shape index (κ2) is 26.5. The number of allylic oxidation sites excluding steroid dienone is 20. The maximum absolute atomic E-state index is 12.7. The Morgan fingerprint density at radius 2 is 1.00 bits per heavy atom. The van der Waals surface area contributed by atoms with Crippen LogP contribution in [0.15, 0.2) is 130 Å². The quantitative estimate of drug-likeness (QED) is 0.0638. The molecule has 57 heavy (non-hydrogen) atoms. The molecule has 0 spiro atoms. The van der Waals surface area contributed by atoms with E-state index in [4.69, 9.17) is 4.74 Å². The minimum atomic E-state index is -0.232. The van der Waals surface area contributed by atoms with Gasteiger partial charge in [-0.15, -0.1) is 0 Å². The molecule has 2 atom stereocenters. The van der Waals surface area contributed by atoms with Crippen molar-refractivity contribution in [1.29, 1.82) is 0 Å². The summed E-state index contributed by atoms with van der Waals surface area (Å²) in [6.45, 7) is 24.1. The van der Waals surface area contributed by atoms with E-state index in [1.165, 1.54) is 102 Å². The highest BCUT2D eigenvalue weighted by Gasteiger charge is 2.34. The predicted octanol–water partition coefficient (Wildman–Crippen LogP) is 15.8. The van der Waals surface area contributed by atoms with Gasteiger partial charge in [-0.2, -0.15) is 0 Å². The van der Waals surface area contributed by atoms with Gasteiger partial charge in [-0.1, -0.05) is 217 Å². The highest BCUT2D eigenvalue weighted by atomic mass is 16.5. The van der Waals surface area contributed by atoms with E-state index in [9.17, 15) is 9.90 Å². The monoisotopic (exact) mass is 779 g/mol. The standard InChI is InChI=1S/C54H82O3/c1-12-13-14-15-16-17-18-19-20-21-22-33-52(56)57-49-39-47(7)51(54(10,11)41-49)37-35-45(5)32-26-30-43(3)28-24-23-27-42(2)29-25-31-44(4)34-36-50-46(6)38-48(55)40-53(50,8)9/h23-32,34-37,48-49,55H,12-22,33,38-41H2,1-11H3. The third-order valence-electron chi connectivity index (χ3n) is 11.5. The summed E-state index contributed by atoms with van der Waals surface area (Å²) in [5.41, 5.74) is 10.0. The van der Waals surface area contributed by atoms with E-state index in [1.54, 1.807) is 0 Å². The first-order chi connectivity index (χ1) is 27.0. The van der Waals surface area contributed by atoms with E-state index in [2.05, 4.69) is 161 Å². The number of esters is 1. The van der Waals surface area contributed by atoms with Crippen LogP contribution in [0.5, 0.6) is 0 Å². The Hall–Kier alpha value is -3.43. The molecule has 1 N–H and O–H groups in total. The molecule has 0 fully saturated rings. The van der Waals surface area contributed by atoms with Crippen molar-refractivity contribution in [3.05, 3.63) is 130 Å². The molecule has 2 aliphatic carbocycles. The van der Waals surface area contributed by atoms with Crippen molar-refractivity contribution < 1.29 is 14.6 Å². The Morgan fingerprint density at radius 1 is 0.596 bits per heavy atom. The summed E-state index contributed by atoms with van der Waals surface area (Å²) in [4.78, 5) is 12.7. The Labute approximate surface area is 351 Å². The minimum absolute atomic E-state index is 0.00247. The third kappa shape index (κ3) is 20.7. The number of ether oxygens (including phenoxy) is 1. The molecule has 0 bridgehead atoms. The molecule has 0 amide bonds. The fourth-order valence-corrected chi connectivity index (χ4v) is 8.36. The van der Waals surface area contributed by atoms with E-state index in [0.29, 0.717) is 6.42 Å². The normalized spacial score (nSPS) is 21.5. The van der Waals surface area contributed by atoms with Gasteiger partial charge >= 0.3 is 5.97 Å². The molecule has 3 nitrogen and oxygen atoms in total. The molecular weight excluding hydrogens is 697 g/mol. The van der Waals surface area contributed by atoms with E-state index in [0.717, 1.165) is 38.5 Å². The van der Waals surface area contributed by atoms with E-state index in [-0.39, 0.29) is 29.0 Å². The lowest BCUT2D eigenvalue weighted by Crippen LogP contribution is -2.31. The van der Waals surface area contributed by atoms with Crippen LogP contribution in [0.3, 0.4) is 0 Å².